The lowest BCUT2D eigenvalue weighted by Crippen LogP contribution is -2.33. The van der Waals surface area contributed by atoms with Crippen molar-refractivity contribution < 1.29 is 25.5 Å². The zero-order chi connectivity index (χ0) is 18.1. The maximum absolute atomic E-state index is 11.8. The number of aromatic amines is 1. The summed E-state index contributed by atoms with van der Waals surface area (Å²) < 4.78 is 35.8. The predicted octanol–water partition coefficient (Wildman–Crippen LogP) is -2.69. The van der Waals surface area contributed by atoms with Gasteiger partial charge in [-0.25, -0.2) is 4.98 Å². The summed E-state index contributed by atoms with van der Waals surface area (Å²) in [6.07, 6.45) is -9.60. The van der Waals surface area contributed by atoms with E-state index in [2.05, 4.69) is 15.0 Å². The van der Waals surface area contributed by atoms with E-state index in [1.54, 1.807) is 0 Å². The molecule has 2 aromatic rings. The number of imidazole rings is 1. The Bertz CT molecular complexity index is 859. The predicted molar refractivity (Wildman–Crippen MR) is 65.6 cm³/mol. The highest BCUT2D eigenvalue weighted by Crippen LogP contribution is 2.30. The van der Waals surface area contributed by atoms with E-state index in [1.165, 1.54) is 0 Å². The van der Waals surface area contributed by atoms with E-state index in [1.807, 2.05) is 0 Å². The van der Waals surface area contributed by atoms with Crippen molar-refractivity contribution in [1.29, 1.82) is 0 Å². The number of anilines is 1. The molecule has 0 bridgehead atoms. The van der Waals surface area contributed by atoms with Crippen LogP contribution in [0.25, 0.3) is 11.2 Å². The van der Waals surface area contributed by atoms with Gasteiger partial charge in [0.15, 0.2) is 17.4 Å². The number of nitrogen functional groups attached to an aromatic ring is 1. The molecule has 3 rings (SSSR count). The molecule has 0 spiro atoms. The van der Waals surface area contributed by atoms with Crippen molar-refractivity contribution in [2.45, 2.75) is 24.5 Å². The van der Waals surface area contributed by atoms with Crippen molar-refractivity contribution in [3.05, 3.63) is 16.7 Å². The summed E-state index contributed by atoms with van der Waals surface area (Å²) in [5.41, 5.74) is 4.28. The third-order valence-corrected chi connectivity index (χ3v) is 2.83. The second-order valence-corrected chi connectivity index (χ2v) is 4.04. The molecule has 1 aliphatic heterocycles. The minimum absolute atomic E-state index is 0.215. The molecular formula is C10H13N5O5. The van der Waals surface area contributed by atoms with Crippen LogP contribution in [0.1, 0.15) is 11.7 Å². The Morgan fingerprint density at radius 1 is 1.60 bits per heavy atom. The van der Waals surface area contributed by atoms with Crippen LogP contribution < -0.4 is 11.3 Å². The van der Waals surface area contributed by atoms with Gasteiger partial charge in [0.25, 0.3) is 5.56 Å². The van der Waals surface area contributed by atoms with E-state index in [0.717, 1.165) is 10.9 Å². The lowest BCUT2D eigenvalue weighted by atomic mass is 10.1. The average molecular weight is 287 g/mol. The van der Waals surface area contributed by atoms with Gasteiger partial charge in [-0.1, -0.05) is 0 Å². The van der Waals surface area contributed by atoms with Crippen molar-refractivity contribution in [2.75, 3.05) is 12.3 Å². The van der Waals surface area contributed by atoms with Crippen LogP contribution in [0.15, 0.2) is 11.1 Å². The summed E-state index contributed by atoms with van der Waals surface area (Å²) >= 11 is 0. The molecule has 0 aromatic carbocycles. The Kier molecular flexibility index (Phi) is 2.04. The van der Waals surface area contributed by atoms with E-state index < -0.39 is 36.6 Å². The van der Waals surface area contributed by atoms with Crippen molar-refractivity contribution >= 4 is 17.1 Å². The first kappa shape index (κ1) is 9.02. The number of hydrogen-bond donors (Lipinski definition) is 5. The van der Waals surface area contributed by atoms with Crippen LogP contribution in [0.5, 0.6) is 0 Å². The van der Waals surface area contributed by atoms with Crippen LogP contribution in [0, 0.1) is 0 Å². The Hall–Kier alpha value is -2.01. The van der Waals surface area contributed by atoms with Crippen LogP contribution in [0.3, 0.4) is 0 Å². The second-order valence-electron chi connectivity index (χ2n) is 4.04. The van der Waals surface area contributed by atoms with Gasteiger partial charge in [-0.15, -0.1) is 0 Å². The summed E-state index contributed by atoms with van der Waals surface area (Å²) in [6, 6.07) is 0. The van der Waals surface area contributed by atoms with Gasteiger partial charge in [-0.2, -0.15) is 4.98 Å². The van der Waals surface area contributed by atoms with Crippen molar-refractivity contribution in [3.63, 3.8) is 0 Å². The van der Waals surface area contributed by atoms with E-state index in [-0.39, 0.29) is 17.1 Å². The SMILES string of the molecule is [2H]C([2H])(O)[C@H]1O[C@@H](n2cnc3c(=O)[nH]c(N)nc32)C([2H])(O)C1([2H])O. The van der Waals surface area contributed by atoms with Gasteiger partial charge in [0.2, 0.25) is 5.95 Å². The Balaban J connectivity index is 2.19. The highest BCUT2D eigenvalue weighted by atomic mass is 16.6. The number of rotatable bonds is 2. The number of ether oxygens (including phenoxy) is 1. The molecule has 0 amide bonds. The number of H-pyrrole nitrogens is 1. The standard InChI is InChI=1S/C10H13N5O5/c11-10-13-7-4(8(19)14-10)12-2-15(7)9-6(18)5(17)3(1-16)20-9/h2-3,5-6,9,16-18H,1H2,(H3,11,13,14,19)/t3-,5?,6?,9-/m1/s1/i1D2,5D,6D. The number of fused-ring (bicyclic) bond motifs is 1. The first-order chi connectivity index (χ1) is 10.9. The summed E-state index contributed by atoms with van der Waals surface area (Å²) in [5.74, 6) is -0.295. The van der Waals surface area contributed by atoms with Crippen molar-refractivity contribution in [2.24, 2.45) is 0 Å². The van der Waals surface area contributed by atoms with Gasteiger partial charge >= 0.3 is 0 Å². The van der Waals surface area contributed by atoms with Crippen LogP contribution in [-0.2, 0) is 4.74 Å². The van der Waals surface area contributed by atoms with Gasteiger partial charge < -0.3 is 25.8 Å². The van der Waals surface area contributed by atoms with Crippen LogP contribution in [0.4, 0.5) is 5.95 Å². The zero-order valence-electron chi connectivity index (χ0n) is 13.8. The molecule has 1 fully saturated rings. The van der Waals surface area contributed by atoms with Crippen molar-refractivity contribution in [3.8, 4) is 0 Å². The highest BCUT2D eigenvalue weighted by molar-refractivity contribution is 5.70. The Labute approximate surface area is 117 Å². The number of nitrogens with zero attached hydrogens (tertiary/aromatic N) is 3. The zero-order valence-corrected chi connectivity index (χ0v) is 9.81. The van der Waals surface area contributed by atoms with Crippen LogP contribution in [-0.4, -0.2) is 59.7 Å². The smallest absolute Gasteiger partial charge is 0.280 e. The molecule has 2 aromatic heterocycles. The average Bonchev–Trinajstić information content (AvgIpc) is 2.87. The molecule has 6 N–H and O–H groups in total. The van der Waals surface area contributed by atoms with E-state index in [0.29, 0.717) is 0 Å². The fourth-order valence-electron chi connectivity index (χ4n) is 1.92. The second kappa shape index (κ2) is 4.52. The molecular weight excluding hydrogens is 270 g/mol. The number of hydrogen-bond acceptors (Lipinski definition) is 8. The van der Waals surface area contributed by atoms with E-state index in [4.69, 9.17) is 16.0 Å². The number of nitrogens with one attached hydrogen (secondary N) is 1. The molecule has 1 saturated heterocycles. The molecule has 20 heavy (non-hydrogen) atoms. The monoisotopic (exact) mass is 287 g/mol. The van der Waals surface area contributed by atoms with E-state index >= 15 is 0 Å². The summed E-state index contributed by atoms with van der Waals surface area (Å²) in [7, 11) is 0. The lowest BCUT2D eigenvalue weighted by molar-refractivity contribution is -0.0511. The fraction of sp³-hybridized carbons (Fsp3) is 0.500. The Morgan fingerprint density at radius 2 is 2.35 bits per heavy atom. The molecule has 0 radical (unpaired) electrons. The number of aliphatic hydroxyl groups is 3. The fourth-order valence-corrected chi connectivity index (χ4v) is 1.92. The maximum atomic E-state index is 11.8. The van der Waals surface area contributed by atoms with E-state index in [9.17, 15) is 20.1 Å². The molecule has 10 heteroatoms. The van der Waals surface area contributed by atoms with Gasteiger partial charge in [0.1, 0.15) is 18.3 Å². The molecule has 3 heterocycles. The molecule has 1 aliphatic rings. The summed E-state index contributed by atoms with van der Waals surface area (Å²) in [6.45, 7) is -3.24. The molecule has 0 saturated carbocycles. The molecule has 10 nitrogen and oxygen atoms in total. The molecule has 4 atom stereocenters. The molecule has 2 unspecified atom stereocenters. The maximum Gasteiger partial charge on any atom is 0.280 e. The number of nitrogens with two attached hydrogens (primary N) is 1. The van der Waals surface area contributed by atoms with Gasteiger partial charge in [0, 0.05) is 0 Å². The summed E-state index contributed by atoms with van der Waals surface area (Å²) in [4.78, 5) is 21.5. The number of aromatic nitrogens is 4. The normalized spacial score (nSPS) is 41.1. The first-order valence-corrected chi connectivity index (χ1v) is 5.42. The van der Waals surface area contributed by atoms with Crippen LogP contribution >= 0.6 is 0 Å². The first-order valence-electron chi connectivity index (χ1n) is 7.42. The third-order valence-electron chi connectivity index (χ3n) is 2.83. The van der Waals surface area contributed by atoms with Crippen LogP contribution in [0.2, 0.25) is 0 Å². The molecule has 0 aliphatic carbocycles. The Morgan fingerprint density at radius 3 is 3.00 bits per heavy atom. The lowest BCUT2D eigenvalue weighted by Gasteiger charge is -2.16. The minimum atomic E-state index is -3.24. The van der Waals surface area contributed by atoms with Gasteiger partial charge in [-0.3, -0.25) is 14.3 Å². The summed E-state index contributed by atoms with van der Waals surface area (Å²) in [5, 5.41) is 29.7. The topological polar surface area (TPSA) is 160 Å². The van der Waals surface area contributed by atoms with Gasteiger partial charge in [0.05, 0.1) is 18.4 Å². The van der Waals surface area contributed by atoms with Crippen molar-refractivity contribution in [1.82, 2.24) is 19.5 Å². The largest absolute Gasteiger partial charge is 0.394 e. The van der Waals surface area contributed by atoms with Gasteiger partial charge in [-0.05, 0) is 0 Å². The molecule has 108 valence electrons. The third kappa shape index (κ3) is 1.78. The minimum Gasteiger partial charge on any atom is -0.394 e. The highest BCUT2D eigenvalue weighted by Gasteiger charge is 2.44. The quantitative estimate of drug-likeness (QED) is 0.399.